The van der Waals surface area contributed by atoms with Crippen molar-refractivity contribution in [2.75, 3.05) is 38.2 Å². The Morgan fingerprint density at radius 3 is 2.46 bits per heavy atom. The summed E-state index contributed by atoms with van der Waals surface area (Å²) in [7, 11) is 1.63. The van der Waals surface area contributed by atoms with Crippen LogP contribution in [0.5, 0.6) is 5.75 Å². The van der Waals surface area contributed by atoms with Crippen molar-refractivity contribution in [1.29, 1.82) is 0 Å². The predicted octanol–water partition coefficient (Wildman–Crippen LogP) is 3.92. The molecule has 1 fully saturated rings. The summed E-state index contributed by atoms with van der Waals surface area (Å²) < 4.78 is 23.6. The SMILES string of the molecule is COc1ccc(-c2cc(C(=O)N3CCN(c4ccccc4F)CC3)sn2)cc1. The van der Waals surface area contributed by atoms with Gasteiger partial charge in [0, 0.05) is 31.7 Å². The van der Waals surface area contributed by atoms with Crippen molar-refractivity contribution in [2.45, 2.75) is 0 Å². The summed E-state index contributed by atoms with van der Waals surface area (Å²) in [5.41, 5.74) is 2.32. The Kier molecular flexibility index (Phi) is 5.25. The maximum Gasteiger partial charge on any atom is 0.265 e. The molecule has 2 aromatic carbocycles. The minimum Gasteiger partial charge on any atom is -0.497 e. The number of methoxy groups -OCH3 is 1. The maximum atomic E-state index is 14.0. The Balaban J connectivity index is 1.42. The summed E-state index contributed by atoms with van der Waals surface area (Å²) in [6.45, 7) is 2.33. The van der Waals surface area contributed by atoms with Crippen LogP contribution >= 0.6 is 11.5 Å². The predicted molar refractivity (Wildman–Crippen MR) is 109 cm³/mol. The first kappa shape index (κ1) is 18.4. The summed E-state index contributed by atoms with van der Waals surface area (Å²) in [6.07, 6.45) is 0. The highest BCUT2D eigenvalue weighted by Gasteiger charge is 2.25. The molecule has 2 heterocycles. The van der Waals surface area contributed by atoms with Crippen LogP contribution in [0.1, 0.15) is 9.67 Å². The number of amides is 1. The highest BCUT2D eigenvalue weighted by Crippen LogP contribution is 2.26. The number of benzene rings is 2. The van der Waals surface area contributed by atoms with Crippen LogP contribution in [0.15, 0.2) is 54.6 Å². The average Bonchev–Trinajstić information content (AvgIpc) is 3.24. The first-order valence-corrected chi connectivity index (χ1v) is 9.83. The molecule has 0 aliphatic carbocycles. The van der Waals surface area contributed by atoms with E-state index in [0.29, 0.717) is 36.7 Å². The van der Waals surface area contributed by atoms with Gasteiger partial charge in [-0.3, -0.25) is 4.79 Å². The second-order valence-corrected chi connectivity index (χ2v) is 7.34. The summed E-state index contributed by atoms with van der Waals surface area (Å²) in [5, 5.41) is 0. The van der Waals surface area contributed by atoms with Gasteiger partial charge in [-0.15, -0.1) is 0 Å². The largest absolute Gasteiger partial charge is 0.497 e. The molecule has 1 aromatic heterocycles. The number of carbonyl (C=O) groups is 1. The van der Waals surface area contributed by atoms with Gasteiger partial charge >= 0.3 is 0 Å². The molecular formula is C21H20FN3O2S. The summed E-state index contributed by atoms with van der Waals surface area (Å²) >= 11 is 1.21. The fourth-order valence-electron chi connectivity index (χ4n) is 3.29. The Morgan fingerprint density at radius 1 is 1.07 bits per heavy atom. The van der Waals surface area contributed by atoms with E-state index in [9.17, 15) is 9.18 Å². The summed E-state index contributed by atoms with van der Waals surface area (Å²) in [5.74, 6) is 0.530. The Labute approximate surface area is 167 Å². The number of anilines is 1. The van der Waals surface area contributed by atoms with Crippen molar-refractivity contribution in [2.24, 2.45) is 0 Å². The molecule has 0 radical (unpaired) electrons. The van der Waals surface area contributed by atoms with Crippen LogP contribution in [0.4, 0.5) is 10.1 Å². The zero-order valence-corrected chi connectivity index (χ0v) is 16.3. The number of ether oxygens (including phenoxy) is 1. The quantitative estimate of drug-likeness (QED) is 0.669. The summed E-state index contributed by atoms with van der Waals surface area (Å²) in [4.78, 5) is 17.2. The van der Waals surface area contributed by atoms with Crippen LogP contribution in [0, 0.1) is 5.82 Å². The minimum absolute atomic E-state index is 0.0227. The molecule has 7 heteroatoms. The van der Waals surface area contributed by atoms with E-state index in [0.717, 1.165) is 17.0 Å². The number of piperazine rings is 1. The van der Waals surface area contributed by atoms with E-state index in [4.69, 9.17) is 4.74 Å². The van der Waals surface area contributed by atoms with E-state index in [-0.39, 0.29) is 11.7 Å². The molecule has 1 aliphatic heterocycles. The zero-order chi connectivity index (χ0) is 19.5. The molecule has 144 valence electrons. The van der Waals surface area contributed by atoms with Crippen LogP contribution in [0.2, 0.25) is 0 Å². The normalized spacial score (nSPS) is 14.2. The lowest BCUT2D eigenvalue weighted by molar-refractivity contribution is 0.0751. The number of aromatic nitrogens is 1. The van der Waals surface area contributed by atoms with E-state index in [2.05, 4.69) is 4.37 Å². The van der Waals surface area contributed by atoms with Crippen molar-refractivity contribution >= 4 is 23.1 Å². The van der Waals surface area contributed by atoms with E-state index < -0.39 is 0 Å². The van der Waals surface area contributed by atoms with Gasteiger partial charge in [-0.05, 0) is 54.0 Å². The molecule has 3 aromatic rings. The van der Waals surface area contributed by atoms with Gasteiger partial charge in [-0.1, -0.05) is 12.1 Å². The molecule has 1 amide bonds. The fraction of sp³-hybridized carbons (Fsp3) is 0.238. The number of halogens is 1. The van der Waals surface area contributed by atoms with Crippen LogP contribution < -0.4 is 9.64 Å². The molecule has 0 saturated carbocycles. The number of rotatable bonds is 4. The number of nitrogens with zero attached hydrogens (tertiary/aromatic N) is 3. The van der Waals surface area contributed by atoms with Gasteiger partial charge in [0.15, 0.2) is 0 Å². The Hall–Kier alpha value is -2.93. The second-order valence-electron chi connectivity index (χ2n) is 6.54. The number of hydrogen-bond acceptors (Lipinski definition) is 5. The number of carbonyl (C=O) groups excluding carboxylic acids is 1. The monoisotopic (exact) mass is 397 g/mol. The molecule has 0 N–H and O–H groups in total. The lowest BCUT2D eigenvalue weighted by Gasteiger charge is -2.36. The maximum absolute atomic E-state index is 14.0. The standard InChI is InChI=1S/C21H20FN3O2S/c1-27-16-8-6-15(7-9-16)18-14-20(28-23-18)21(26)25-12-10-24(11-13-25)19-5-3-2-4-17(19)22/h2-9,14H,10-13H2,1H3. The summed E-state index contributed by atoms with van der Waals surface area (Å²) in [6, 6.07) is 16.2. The molecule has 4 rings (SSSR count). The molecule has 5 nitrogen and oxygen atoms in total. The number of hydrogen-bond donors (Lipinski definition) is 0. The van der Waals surface area contributed by atoms with Gasteiger partial charge in [0.25, 0.3) is 5.91 Å². The molecule has 1 saturated heterocycles. The van der Waals surface area contributed by atoms with Crippen molar-refractivity contribution < 1.29 is 13.9 Å². The average molecular weight is 397 g/mol. The van der Waals surface area contributed by atoms with Crippen LogP contribution in [0.3, 0.4) is 0 Å². The minimum atomic E-state index is -0.228. The highest BCUT2D eigenvalue weighted by molar-refractivity contribution is 7.08. The number of para-hydroxylation sites is 1. The first-order chi connectivity index (χ1) is 13.7. The van der Waals surface area contributed by atoms with Gasteiger partial charge in [0.1, 0.15) is 16.4 Å². The molecule has 0 spiro atoms. The third-order valence-corrected chi connectivity index (χ3v) is 5.64. The molecule has 0 unspecified atom stereocenters. The molecule has 1 aliphatic rings. The van der Waals surface area contributed by atoms with E-state index in [1.165, 1.54) is 17.6 Å². The third kappa shape index (κ3) is 3.71. The highest BCUT2D eigenvalue weighted by atomic mass is 32.1. The lowest BCUT2D eigenvalue weighted by Crippen LogP contribution is -2.48. The van der Waals surface area contributed by atoms with Crippen LogP contribution in [-0.4, -0.2) is 48.5 Å². The molecule has 0 bridgehead atoms. The van der Waals surface area contributed by atoms with Crippen molar-refractivity contribution in [1.82, 2.24) is 9.27 Å². The van der Waals surface area contributed by atoms with Crippen LogP contribution in [0.25, 0.3) is 11.3 Å². The molecular weight excluding hydrogens is 377 g/mol. The van der Waals surface area contributed by atoms with Gasteiger partial charge in [0.05, 0.1) is 18.5 Å². The second kappa shape index (κ2) is 7.98. The van der Waals surface area contributed by atoms with Crippen molar-refractivity contribution in [3.63, 3.8) is 0 Å². The van der Waals surface area contributed by atoms with E-state index >= 15 is 0 Å². The lowest BCUT2D eigenvalue weighted by atomic mass is 10.1. The fourth-order valence-corrected chi connectivity index (χ4v) is 4.01. The van der Waals surface area contributed by atoms with Crippen molar-refractivity contribution in [3.8, 4) is 17.0 Å². The third-order valence-electron chi connectivity index (χ3n) is 4.87. The molecule has 0 atom stereocenters. The first-order valence-electron chi connectivity index (χ1n) is 9.05. The van der Waals surface area contributed by atoms with Gasteiger partial charge in [-0.25, -0.2) is 4.39 Å². The zero-order valence-electron chi connectivity index (χ0n) is 15.5. The smallest absolute Gasteiger partial charge is 0.265 e. The Morgan fingerprint density at radius 2 is 1.79 bits per heavy atom. The topological polar surface area (TPSA) is 45.7 Å². The van der Waals surface area contributed by atoms with Gasteiger partial charge in [0.2, 0.25) is 0 Å². The van der Waals surface area contributed by atoms with Gasteiger partial charge in [-0.2, -0.15) is 4.37 Å². The molecule has 28 heavy (non-hydrogen) atoms. The van der Waals surface area contributed by atoms with Crippen molar-refractivity contribution in [3.05, 3.63) is 65.3 Å². The van der Waals surface area contributed by atoms with Gasteiger partial charge < -0.3 is 14.5 Å². The van der Waals surface area contributed by atoms with E-state index in [1.54, 1.807) is 19.2 Å². The Bertz CT molecular complexity index is 966. The van der Waals surface area contributed by atoms with E-state index in [1.807, 2.05) is 46.2 Å². The van der Waals surface area contributed by atoms with Crippen LogP contribution in [-0.2, 0) is 0 Å².